The van der Waals surface area contributed by atoms with Gasteiger partial charge in [-0.25, -0.2) is 8.42 Å². The van der Waals surface area contributed by atoms with Crippen LogP contribution in [0.1, 0.15) is 16.7 Å². The first-order chi connectivity index (χ1) is 13.7. The molecule has 1 aliphatic rings. The van der Waals surface area contributed by atoms with Crippen LogP contribution >= 0.6 is 0 Å². The van der Waals surface area contributed by atoms with E-state index in [2.05, 4.69) is 17.0 Å². The minimum absolute atomic E-state index is 0.158. The van der Waals surface area contributed by atoms with E-state index in [1.54, 1.807) is 11.0 Å². The predicted molar refractivity (Wildman–Crippen MR) is 116 cm³/mol. The number of sulfonamides is 1. The Morgan fingerprint density at radius 1 is 1.00 bits per heavy atom. The number of hydrogen-bond acceptors (Lipinski definition) is 4. The van der Waals surface area contributed by atoms with Crippen LogP contribution < -0.4 is 4.31 Å². The molecular formula is C22H29N3O3S. The van der Waals surface area contributed by atoms with E-state index < -0.39 is 10.0 Å². The zero-order chi connectivity index (χ0) is 21.0. The number of benzene rings is 2. The molecule has 0 aliphatic carbocycles. The third-order valence-corrected chi connectivity index (χ3v) is 6.40. The highest BCUT2D eigenvalue weighted by Gasteiger charge is 2.27. The molecule has 0 N–H and O–H groups in total. The van der Waals surface area contributed by atoms with Crippen LogP contribution in [0.3, 0.4) is 0 Å². The van der Waals surface area contributed by atoms with Crippen molar-refractivity contribution in [1.29, 1.82) is 0 Å². The van der Waals surface area contributed by atoms with Crippen LogP contribution in [0.2, 0.25) is 0 Å². The summed E-state index contributed by atoms with van der Waals surface area (Å²) in [6.45, 7) is 7.30. The second-order valence-corrected chi connectivity index (χ2v) is 9.61. The summed E-state index contributed by atoms with van der Waals surface area (Å²) >= 11 is 0. The fourth-order valence-electron chi connectivity index (χ4n) is 3.69. The molecule has 0 radical (unpaired) electrons. The van der Waals surface area contributed by atoms with Crippen molar-refractivity contribution in [1.82, 2.24) is 9.80 Å². The first-order valence-corrected chi connectivity index (χ1v) is 11.7. The van der Waals surface area contributed by atoms with E-state index in [4.69, 9.17) is 0 Å². The van der Waals surface area contributed by atoms with Crippen LogP contribution in [-0.4, -0.2) is 63.1 Å². The number of amides is 1. The fourth-order valence-corrected chi connectivity index (χ4v) is 4.59. The second-order valence-electron chi connectivity index (χ2n) is 7.70. The molecule has 1 aliphatic heterocycles. The van der Waals surface area contributed by atoms with Crippen LogP contribution in [0.25, 0.3) is 0 Å². The molecule has 156 valence electrons. The molecule has 1 amide bonds. The monoisotopic (exact) mass is 415 g/mol. The van der Waals surface area contributed by atoms with E-state index in [0.29, 0.717) is 18.8 Å². The molecule has 2 aromatic rings. The summed E-state index contributed by atoms with van der Waals surface area (Å²) in [5.74, 6) is -0.158. The number of nitrogens with zero attached hydrogens (tertiary/aromatic N) is 3. The van der Waals surface area contributed by atoms with Crippen molar-refractivity contribution < 1.29 is 13.2 Å². The standard InChI is InChI=1S/C22H29N3O3S/c1-18-9-10-21(19(2)15-18)25(29(3,27)28)17-22(26)24-13-11-23(12-14-24)16-20-7-5-4-6-8-20/h4-10,15H,11-14,16-17H2,1-3H3. The number of rotatable bonds is 6. The zero-order valence-electron chi connectivity index (χ0n) is 17.3. The molecule has 0 aromatic heterocycles. The summed E-state index contributed by atoms with van der Waals surface area (Å²) in [6.07, 6.45) is 1.15. The molecule has 0 spiro atoms. The summed E-state index contributed by atoms with van der Waals surface area (Å²) in [5.41, 5.74) is 3.72. The van der Waals surface area contributed by atoms with Crippen molar-refractivity contribution >= 4 is 21.6 Å². The Morgan fingerprint density at radius 2 is 1.66 bits per heavy atom. The summed E-state index contributed by atoms with van der Waals surface area (Å²) in [7, 11) is -3.56. The summed E-state index contributed by atoms with van der Waals surface area (Å²) in [6, 6.07) is 15.8. The summed E-state index contributed by atoms with van der Waals surface area (Å²) in [5, 5.41) is 0. The maximum atomic E-state index is 12.9. The first kappa shape index (κ1) is 21.3. The third kappa shape index (κ3) is 5.58. The van der Waals surface area contributed by atoms with Gasteiger partial charge in [-0.1, -0.05) is 48.0 Å². The molecule has 3 rings (SSSR count). The van der Waals surface area contributed by atoms with Crippen molar-refractivity contribution in [3.05, 3.63) is 65.2 Å². The van der Waals surface area contributed by atoms with E-state index in [0.717, 1.165) is 37.0 Å². The molecule has 2 aromatic carbocycles. The van der Waals surface area contributed by atoms with Gasteiger partial charge in [0.1, 0.15) is 6.54 Å². The molecule has 1 saturated heterocycles. The van der Waals surface area contributed by atoms with Gasteiger partial charge in [-0.05, 0) is 31.0 Å². The Morgan fingerprint density at radius 3 is 2.24 bits per heavy atom. The zero-order valence-corrected chi connectivity index (χ0v) is 18.2. The first-order valence-electron chi connectivity index (χ1n) is 9.83. The molecular weight excluding hydrogens is 386 g/mol. The Labute approximate surface area is 173 Å². The van der Waals surface area contributed by atoms with E-state index in [-0.39, 0.29) is 12.5 Å². The van der Waals surface area contributed by atoms with Gasteiger partial charge in [0.2, 0.25) is 15.9 Å². The largest absolute Gasteiger partial charge is 0.339 e. The highest BCUT2D eigenvalue weighted by molar-refractivity contribution is 7.92. The number of anilines is 1. The van der Waals surface area contributed by atoms with Crippen LogP contribution in [0.15, 0.2) is 48.5 Å². The lowest BCUT2D eigenvalue weighted by molar-refractivity contribution is -0.131. The number of hydrogen-bond donors (Lipinski definition) is 0. The van der Waals surface area contributed by atoms with E-state index >= 15 is 0 Å². The second kappa shape index (κ2) is 8.97. The number of aryl methyl sites for hydroxylation is 2. The minimum Gasteiger partial charge on any atom is -0.339 e. The smallest absolute Gasteiger partial charge is 0.243 e. The van der Waals surface area contributed by atoms with Gasteiger partial charge in [0.25, 0.3) is 0 Å². The van der Waals surface area contributed by atoms with Crippen molar-refractivity contribution in [2.45, 2.75) is 20.4 Å². The average Bonchev–Trinajstić information content (AvgIpc) is 2.67. The molecule has 1 heterocycles. The third-order valence-electron chi connectivity index (χ3n) is 5.27. The Bertz CT molecular complexity index is 953. The fraction of sp³-hybridized carbons (Fsp3) is 0.409. The van der Waals surface area contributed by atoms with Crippen molar-refractivity contribution in [3.63, 3.8) is 0 Å². The van der Waals surface area contributed by atoms with E-state index in [1.807, 2.05) is 44.2 Å². The molecule has 1 fully saturated rings. The lowest BCUT2D eigenvalue weighted by Gasteiger charge is -2.36. The van der Waals surface area contributed by atoms with E-state index in [9.17, 15) is 13.2 Å². The molecule has 7 heteroatoms. The minimum atomic E-state index is -3.56. The van der Waals surface area contributed by atoms with Gasteiger partial charge in [-0.3, -0.25) is 14.0 Å². The molecule has 0 saturated carbocycles. The lowest BCUT2D eigenvalue weighted by Crippen LogP contribution is -2.51. The Kier molecular flexibility index (Phi) is 6.59. The summed E-state index contributed by atoms with van der Waals surface area (Å²) < 4.78 is 26.0. The normalized spacial score (nSPS) is 15.3. The van der Waals surface area contributed by atoms with Crippen LogP contribution in [0.5, 0.6) is 0 Å². The van der Waals surface area contributed by atoms with Gasteiger partial charge in [0.05, 0.1) is 11.9 Å². The van der Waals surface area contributed by atoms with Gasteiger partial charge in [0.15, 0.2) is 0 Å². The van der Waals surface area contributed by atoms with Crippen LogP contribution in [0, 0.1) is 13.8 Å². The van der Waals surface area contributed by atoms with Gasteiger partial charge in [-0.2, -0.15) is 0 Å². The molecule has 6 nitrogen and oxygen atoms in total. The van der Waals surface area contributed by atoms with Gasteiger partial charge in [-0.15, -0.1) is 0 Å². The molecule has 29 heavy (non-hydrogen) atoms. The molecule has 0 unspecified atom stereocenters. The maximum absolute atomic E-state index is 12.9. The molecule has 0 atom stereocenters. The maximum Gasteiger partial charge on any atom is 0.243 e. The average molecular weight is 416 g/mol. The number of piperazine rings is 1. The Balaban J connectivity index is 1.63. The van der Waals surface area contributed by atoms with E-state index in [1.165, 1.54) is 9.87 Å². The van der Waals surface area contributed by atoms with Gasteiger partial charge >= 0.3 is 0 Å². The van der Waals surface area contributed by atoms with Crippen molar-refractivity contribution in [2.75, 3.05) is 43.3 Å². The lowest BCUT2D eigenvalue weighted by atomic mass is 10.1. The number of carbonyl (C=O) groups is 1. The molecule has 0 bridgehead atoms. The van der Waals surface area contributed by atoms with Crippen LogP contribution in [0.4, 0.5) is 5.69 Å². The highest BCUT2D eigenvalue weighted by atomic mass is 32.2. The summed E-state index contributed by atoms with van der Waals surface area (Å²) in [4.78, 5) is 17.0. The number of carbonyl (C=O) groups excluding carboxylic acids is 1. The van der Waals surface area contributed by atoms with Gasteiger partial charge < -0.3 is 4.90 Å². The van der Waals surface area contributed by atoms with Crippen LogP contribution in [-0.2, 0) is 21.4 Å². The van der Waals surface area contributed by atoms with Crippen molar-refractivity contribution in [3.8, 4) is 0 Å². The highest BCUT2D eigenvalue weighted by Crippen LogP contribution is 2.23. The SMILES string of the molecule is Cc1ccc(N(CC(=O)N2CCN(Cc3ccccc3)CC2)S(C)(=O)=O)c(C)c1. The van der Waals surface area contributed by atoms with Gasteiger partial charge in [0, 0.05) is 32.7 Å². The van der Waals surface area contributed by atoms with Crippen molar-refractivity contribution in [2.24, 2.45) is 0 Å². The Hall–Kier alpha value is -2.38. The quantitative estimate of drug-likeness (QED) is 0.727. The topological polar surface area (TPSA) is 60.9 Å². The predicted octanol–water partition coefficient (Wildman–Crippen LogP) is 2.41.